The van der Waals surface area contributed by atoms with Gasteiger partial charge in [-0.3, -0.25) is 19.5 Å². The van der Waals surface area contributed by atoms with Crippen molar-refractivity contribution < 1.29 is 14.0 Å². The van der Waals surface area contributed by atoms with E-state index in [1.165, 1.54) is 37.1 Å². The van der Waals surface area contributed by atoms with Crippen molar-refractivity contribution >= 4 is 11.8 Å². The maximum atomic E-state index is 13.2. The summed E-state index contributed by atoms with van der Waals surface area (Å²) in [5.74, 6) is -0.00317. The lowest BCUT2D eigenvalue weighted by molar-refractivity contribution is -0.129. The fourth-order valence-corrected chi connectivity index (χ4v) is 4.72. The van der Waals surface area contributed by atoms with Gasteiger partial charge in [-0.2, -0.15) is 0 Å². The lowest BCUT2D eigenvalue weighted by atomic mass is 9.94. The first-order valence-electron chi connectivity index (χ1n) is 11.1. The first-order chi connectivity index (χ1) is 15.1. The zero-order chi connectivity index (χ0) is 21.6. The van der Waals surface area contributed by atoms with E-state index in [4.69, 9.17) is 0 Å². The van der Waals surface area contributed by atoms with E-state index < -0.39 is 0 Å². The van der Waals surface area contributed by atoms with Gasteiger partial charge in [0.2, 0.25) is 5.91 Å². The Morgan fingerprint density at radius 3 is 2.29 bits per heavy atom. The molecule has 1 saturated carbocycles. The third-order valence-corrected chi connectivity index (χ3v) is 6.42. The SMILES string of the molecule is O=C(NCc1ccncc1)C(C1CCCC1)N1CCN(C(=O)c2ccc(F)cc2)CC1. The molecule has 6 nitrogen and oxygen atoms in total. The minimum absolute atomic E-state index is 0.0713. The van der Waals surface area contributed by atoms with Crippen molar-refractivity contribution in [3.05, 3.63) is 65.7 Å². The van der Waals surface area contributed by atoms with E-state index in [9.17, 15) is 14.0 Å². The van der Waals surface area contributed by atoms with E-state index >= 15 is 0 Å². The zero-order valence-electron chi connectivity index (χ0n) is 17.7. The third kappa shape index (κ3) is 5.28. The van der Waals surface area contributed by atoms with Gasteiger partial charge in [0.15, 0.2) is 0 Å². The maximum Gasteiger partial charge on any atom is 0.253 e. The first kappa shape index (κ1) is 21.4. The van der Waals surface area contributed by atoms with Crippen molar-refractivity contribution in [3.63, 3.8) is 0 Å². The molecule has 1 aliphatic carbocycles. The van der Waals surface area contributed by atoms with E-state index in [1.807, 2.05) is 12.1 Å². The number of hydrogen-bond acceptors (Lipinski definition) is 4. The van der Waals surface area contributed by atoms with Crippen LogP contribution in [0.2, 0.25) is 0 Å². The summed E-state index contributed by atoms with van der Waals surface area (Å²) in [6.45, 7) is 2.95. The zero-order valence-corrected chi connectivity index (χ0v) is 17.7. The molecule has 1 saturated heterocycles. The van der Waals surface area contributed by atoms with Gasteiger partial charge in [-0.15, -0.1) is 0 Å². The van der Waals surface area contributed by atoms with Crippen LogP contribution in [0, 0.1) is 11.7 Å². The molecule has 0 spiro atoms. The second-order valence-electron chi connectivity index (χ2n) is 8.40. The lowest BCUT2D eigenvalue weighted by Gasteiger charge is -2.40. The van der Waals surface area contributed by atoms with Crippen molar-refractivity contribution in [1.29, 1.82) is 0 Å². The number of aromatic nitrogens is 1. The second-order valence-corrected chi connectivity index (χ2v) is 8.40. The van der Waals surface area contributed by atoms with Crippen molar-refractivity contribution in [2.45, 2.75) is 38.3 Å². The summed E-state index contributed by atoms with van der Waals surface area (Å²) in [7, 11) is 0. The molecule has 2 aromatic rings. The monoisotopic (exact) mass is 424 g/mol. The van der Waals surface area contributed by atoms with Crippen LogP contribution in [0.1, 0.15) is 41.6 Å². The van der Waals surface area contributed by atoms with Gasteiger partial charge in [0.25, 0.3) is 5.91 Å². The molecular weight excluding hydrogens is 395 g/mol. The van der Waals surface area contributed by atoms with Crippen molar-refractivity contribution in [1.82, 2.24) is 20.1 Å². The highest BCUT2D eigenvalue weighted by atomic mass is 19.1. The molecular formula is C24H29FN4O2. The minimum Gasteiger partial charge on any atom is -0.351 e. The Balaban J connectivity index is 1.38. The molecule has 0 bridgehead atoms. The molecule has 2 amide bonds. The molecule has 2 fully saturated rings. The van der Waals surface area contributed by atoms with Crippen molar-refractivity contribution in [2.75, 3.05) is 26.2 Å². The normalized spacial score (nSPS) is 18.7. The van der Waals surface area contributed by atoms with Crippen LogP contribution in [-0.4, -0.2) is 58.8 Å². The summed E-state index contributed by atoms with van der Waals surface area (Å²) >= 11 is 0. The van der Waals surface area contributed by atoms with Crippen molar-refractivity contribution in [2.24, 2.45) is 5.92 Å². The molecule has 1 unspecified atom stereocenters. The Morgan fingerprint density at radius 2 is 1.65 bits per heavy atom. The van der Waals surface area contributed by atoms with E-state index in [0.717, 1.165) is 18.4 Å². The van der Waals surface area contributed by atoms with Crippen LogP contribution >= 0.6 is 0 Å². The fourth-order valence-electron chi connectivity index (χ4n) is 4.72. The van der Waals surface area contributed by atoms with Crippen LogP contribution in [0.3, 0.4) is 0 Å². The van der Waals surface area contributed by atoms with Crippen LogP contribution in [-0.2, 0) is 11.3 Å². The van der Waals surface area contributed by atoms with Gasteiger partial charge in [-0.1, -0.05) is 12.8 Å². The average Bonchev–Trinajstić information content (AvgIpc) is 3.33. The summed E-state index contributed by atoms with van der Waals surface area (Å²) in [6.07, 6.45) is 7.94. The van der Waals surface area contributed by atoms with E-state index in [2.05, 4.69) is 15.2 Å². The van der Waals surface area contributed by atoms with Gasteiger partial charge in [0.1, 0.15) is 5.82 Å². The second kappa shape index (κ2) is 10.0. The largest absolute Gasteiger partial charge is 0.351 e. The predicted molar refractivity (Wildman–Crippen MR) is 116 cm³/mol. The Labute approximate surface area is 182 Å². The third-order valence-electron chi connectivity index (χ3n) is 6.42. The number of rotatable bonds is 6. The van der Waals surface area contributed by atoms with Gasteiger partial charge < -0.3 is 10.2 Å². The number of pyridine rings is 1. The van der Waals surface area contributed by atoms with Crippen LogP contribution < -0.4 is 5.32 Å². The predicted octanol–water partition coefficient (Wildman–Crippen LogP) is 2.85. The van der Waals surface area contributed by atoms with Gasteiger partial charge >= 0.3 is 0 Å². The fraction of sp³-hybridized carbons (Fsp3) is 0.458. The molecule has 1 aromatic heterocycles. The molecule has 164 valence electrons. The number of amides is 2. The first-order valence-corrected chi connectivity index (χ1v) is 11.1. The number of nitrogens with zero attached hydrogens (tertiary/aromatic N) is 3. The van der Waals surface area contributed by atoms with Crippen LogP contribution in [0.5, 0.6) is 0 Å². The lowest BCUT2D eigenvalue weighted by Crippen LogP contribution is -2.57. The minimum atomic E-state index is -0.349. The van der Waals surface area contributed by atoms with Crippen LogP contribution in [0.4, 0.5) is 4.39 Å². The number of hydrogen-bond donors (Lipinski definition) is 1. The average molecular weight is 425 g/mol. The quantitative estimate of drug-likeness (QED) is 0.775. The number of nitrogens with one attached hydrogen (secondary N) is 1. The topological polar surface area (TPSA) is 65.5 Å². The molecule has 1 aromatic carbocycles. The van der Waals surface area contributed by atoms with Crippen LogP contribution in [0.25, 0.3) is 0 Å². The molecule has 0 radical (unpaired) electrons. The van der Waals surface area contributed by atoms with E-state index in [-0.39, 0.29) is 23.7 Å². The summed E-state index contributed by atoms with van der Waals surface area (Å²) in [4.78, 5) is 34.0. The highest BCUT2D eigenvalue weighted by molar-refractivity contribution is 5.94. The number of halogens is 1. The van der Waals surface area contributed by atoms with Gasteiger partial charge in [0, 0.05) is 50.7 Å². The summed E-state index contributed by atoms with van der Waals surface area (Å²) in [5, 5.41) is 3.11. The number of piperazine rings is 1. The summed E-state index contributed by atoms with van der Waals surface area (Å²) < 4.78 is 13.2. The molecule has 31 heavy (non-hydrogen) atoms. The van der Waals surface area contributed by atoms with Gasteiger partial charge in [-0.25, -0.2) is 4.39 Å². The highest BCUT2D eigenvalue weighted by Crippen LogP contribution is 2.31. The molecule has 2 aliphatic rings. The maximum absolute atomic E-state index is 13.2. The smallest absolute Gasteiger partial charge is 0.253 e. The molecule has 1 N–H and O–H groups in total. The van der Waals surface area contributed by atoms with Crippen LogP contribution in [0.15, 0.2) is 48.8 Å². The number of benzene rings is 1. The summed E-state index contributed by atoms with van der Waals surface area (Å²) in [6, 6.07) is 9.33. The molecule has 4 rings (SSSR count). The molecule has 7 heteroatoms. The summed E-state index contributed by atoms with van der Waals surface area (Å²) in [5.41, 5.74) is 1.53. The number of carbonyl (C=O) groups excluding carboxylic acids is 2. The Bertz CT molecular complexity index is 876. The van der Waals surface area contributed by atoms with Gasteiger partial charge in [-0.05, 0) is 60.7 Å². The molecule has 1 atom stereocenters. The number of carbonyl (C=O) groups is 2. The standard InChI is InChI=1S/C24H29FN4O2/c25-21-7-5-20(6-8-21)24(31)29-15-13-28(14-16-29)22(19-3-1-2-4-19)23(30)27-17-18-9-11-26-12-10-18/h5-12,19,22H,1-4,13-17H2,(H,27,30). The Morgan fingerprint density at radius 1 is 1.00 bits per heavy atom. The highest BCUT2D eigenvalue weighted by Gasteiger charge is 2.37. The van der Waals surface area contributed by atoms with E-state index in [0.29, 0.717) is 44.2 Å². The van der Waals surface area contributed by atoms with E-state index in [1.54, 1.807) is 17.3 Å². The molecule has 1 aliphatic heterocycles. The van der Waals surface area contributed by atoms with Gasteiger partial charge in [0.05, 0.1) is 6.04 Å². The molecule has 2 heterocycles. The Hall–Kier alpha value is -2.80. The Kier molecular flexibility index (Phi) is 6.92. The van der Waals surface area contributed by atoms with Crippen molar-refractivity contribution in [3.8, 4) is 0 Å².